The van der Waals surface area contributed by atoms with Crippen LogP contribution in [0.3, 0.4) is 0 Å². The zero-order chi connectivity index (χ0) is 13.1. The molecule has 2 aromatic rings. The van der Waals surface area contributed by atoms with Crippen LogP contribution in [0, 0.1) is 18.6 Å². The third-order valence-corrected chi connectivity index (χ3v) is 2.73. The Morgan fingerprint density at radius 3 is 2.50 bits per heavy atom. The summed E-state index contributed by atoms with van der Waals surface area (Å²) in [6.07, 6.45) is 0. The minimum Gasteiger partial charge on any atom is -0.464 e. The molecule has 1 aromatic heterocycles. The molecule has 1 unspecified atom stereocenters. The van der Waals surface area contributed by atoms with E-state index in [1.165, 1.54) is 6.07 Å². The van der Waals surface area contributed by atoms with Crippen LogP contribution >= 0.6 is 0 Å². The molecule has 1 N–H and O–H groups in total. The fourth-order valence-corrected chi connectivity index (χ4v) is 1.89. The Bertz CT molecular complexity index is 536. The summed E-state index contributed by atoms with van der Waals surface area (Å²) in [6.45, 7) is 4.49. The number of nitrogens with one attached hydrogen (secondary N) is 1. The molecule has 0 aliphatic carbocycles. The first kappa shape index (κ1) is 12.8. The number of furan rings is 1. The molecule has 0 saturated heterocycles. The fraction of sp³-hybridized carbons (Fsp3) is 0.286. The molecule has 18 heavy (non-hydrogen) atoms. The van der Waals surface area contributed by atoms with E-state index in [-0.39, 0.29) is 6.04 Å². The monoisotopic (exact) mass is 251 g/mol. The number of hydrogen-bond donors (Lipinski definition) is 1. The summed E-state index contributed by atoms with van der Waals surface area (Å²) in [5, 5.41) is 3.19. The molecule has 0 saturated carbocycles. The number of rotatable bonds is 4. The van der Waals surface area contributed by atoms with Crippen molar-refractivity contribution in [1.29, 1.82) is 0 Å². The second-order valence-corrected chi connectivity index (χ2v) is 4.11. The van der Waals surface area contributed by atoms with E-state index in [9.17, 15) is 8.78 Å². The zero-order valence-electron chi connectivity index (χ0n) is 10.3. The van der Waals surface area contributed by atoms with Crippen molar-refractivity contribution >= 4 is 0 Å². The summed E-state index contributed by atoms with van der Waals surface area (Å²) in [6, 6.07) is 7.30. The first-order chi connectivity index (χ1) is 8.61. The molecule has 1 atom stereocenters. The maximum Gasteiger partial charge on any atom is 0.159 e. The summed E-state index contributed by atoms with van der Waals surface area (Å²) >= 11 is 0. The summed E-state index contributed by atoms with van der Waals surface area (Å²) < 4.78 is 31.7. The highest BCUT2D eigenvalue weighted by Crippen LogP contribution is 2.25. The maximum atomic E-state index is 13.3. The number of benzene rings is 1. The first-order valence-corrected chi connectivity index (χ1v) is 5.86. The summed E-state index contributed by atoms with van der Waals surface area (Å²) in [5.74, 6) is -0.209. The van der Waals surface area contributed by atoms with Crippen molar-refractivity contribution < 1.29 is 13.2 Å². The second-order valence-electron chi connectivity index (χ2n) is 4.11. The molecule has 0 radical (unpaired) electrons. The lowest BCUT2D eigenvalue weighted by Gasteiger charge is -2.16. The van der Waals surface area contributed by atoms with Crippen LogP contribution in [0.1, 0.15) is 30.0 Å². The molecule has 2 rings (SSSR count). The van der Waals surface area contributed by atoms with Crippen LogP contribution in [0.15, 0.2) is 34.7 Å². The van der Waals surface area contributed by atoms with Gasteiger partial charge in [0.05, 0.1) is 6.04 Å². The lowest BCUT2D eigenvalue weighted by Crippen LogP contribution is -2.21. The zero-order valence-corrected chi connectivity index (χ0v) is 10.3. The summed E-state index contributed by atoms with van der Waals surface area (Å²) in [5.41, 5.74) is 0.644. The molecule has 4 heteroatoms. The molecule has 0 aliphatic heterocycles. The van der Waals surface area contributed by atoms with Crippen molar-refractivity contribution in [1.82, 2.24) is 5.32 Å². The van der Waals surface area contributed by atoms with Crippen LogP contribution in [-0.4, -0.2) is 6.54 Å². The molecule has 1 heterocycles. The van der Waals surface area contributed by atoms with Gasteiger partial charge in [0.2, 0.25) is 0 Å². The molecule has 1 aromatic carbocycles. The lowest BCUT2D eigenvalue weighted by molar-refractivity contribution is 0.432. The lowest BCUT2D eigenvalue weighted by atomic mass is 10.0. The third kappa shape index (κ3) is 2.59. The van der Waals surface area contributed by atoms with Gasteiger partial charge in [-0.15, -0.1) is 0 Å². The second kappa shape index (κ2) is 5.31. The quantitative estimate of drug-likeness (QED) is 0.898. The van der Waals surface area contributed by atoms with Crippen molar-refractivity contribution in [2.45, 2.75) is 19.9 Å². The SMILES string of the molecule is CCNC(c1ccc(F)c(F)c1)c1ccc(C)o1. The molecule has 2 nitrogen and oxygen atoms in total. The van der Waals surface area contributed by atoms with E-state index in [0.717, 1.165) is 11.8 Å². The average Bonchev–Trinajstić information content (AvgIpc) is 2.76. The van der Waals surface area contributed by atoms with Gasteiger partial charge in [0.25, 0.3) is 0 Å². The van der Waals surface area contributed by atoms with Crippen molar-refractivity contribution in [2.75, 3.05) is 6.54 Å². The van der Waals surface area contributed by atoms with E-state index >= 15 is 0 Å². The van der Waals surface area contributed by atoms with Gasteiger partial charge in [-0.3, -0.25) is 0 Å². The Labute approximate surface area is 105 Å². The van der Waals surface area contributed by atoms with Crippen LogP contribution in [0.25, 0.3) is 0 Å². The number of hydrogen-bond acceptors (Lipinski definition) is 2. The normalized spacial score (nSPS) is 12.7. The van der Waals surface area contributed by atoms with Gasteiger partial charge >= 0.3 is 0 Å². The maximum absolute atomic E-state index is 13.3. The average molecular weight is 251 g/mol. The molecule has 0 bridgehead atoms. The van der Waals surface area contributed by atoms with Gasteiger partial charge in [0.1, 0.15) is 11.5 Å². The minimum absolute atomic E-state index is 0.265. The van der Waals surface area contributed by atoms with Crippen molar-refractivity contribution in [2.24, 2.45) is 0 Å². The standard InChI is InChI=1S/C14H15F2NO/c1-3-17-14(13-7-4-9(2)18-13)10-5-6-11(15)12(16)8-10/h4-8,14,17H,3H2,1-2H3. The molecule has 0 amide bonds. The molecule has 0 aliphatic rings. The molecular formula is C14H15F2NO. The molecule has 0 spiro atoms. The van der Waals surface area contributed by atoms with Crippen LogP contribution in [-0.2, 0) is 0 Å². The van der Waals surface area contributed by atoms with Gasteiger partial charge < -0.3 is 9.73 Å². The summed E-state index contributed by atoms with van der Waals surface area (Å²) in [4.78, 5) is 0. The predicted molar refractivity (Wildman–Crippen MR) is 65.3 cm³/mol. The fourth-order valence-electron chi connectivity index (χ4n) is 1.89. The molecule has 96 valence electrons. The van der Waals surface area contributed by atoms with Crippen molar-refractivity contribution in [3.8, 4) is 0 Å². The van der Waals surface area contributed by atoms with E-state index in [1.807, 2.05) is 26.0 Å². The van der Waals surface area contributed by atoms with Gasteiger partial charge in [0, 0.05) is 0 Å². The van der Waals surface area contributed by atoms with E-state index in [4.69, 9.17) is 4.42 Å². The van der Waals surface area contributed by atoms with Crippen molar-refractivity contribution in [3.05, 3.63) is 59.1 Å². The van der Waals surface area contributed by atoms with E-state index in [0.29, 0.717) is 17.9 Å². The van der Waals surface area contributed by atoms with Crippen LogP contribution < -0.4 is 5.32 Å². The van der Waals surface area contributed by atoms with Gasteiger partial charge in [-0.1, -0.05) is 13.0 Å². The number of halogens is 2. The van der Waals surface area contributed by atoms with Gasteiger partial charge in [-0.25, -0.2) is 8.78 Å². The van der Waals surface area contributed by atoms with E-state index < -0.39 is 11.6 Å². The summed E-state index contributed by atoms with van der Waals surface area (Å²) in [7, 11) is 0. The van der Waals surface area contributed by atoms with Gasteiger partial charge in [-0.05, 0) is 43.3 Å². The smallest absolute Gasteiger partial charge is 0.159 e. The highest BCUT2D eigenvalue weighted by Gasteiger charge is 2.18. The largest absolute Gasteiger partial charge is 0.464 e. The third-order valence-electron chi connectivity index (χ3n) is 2.73. The van der Waals surface area contributed by atoms with Gasteiger partial charge in [-0.2, -0.15) is 0 Å². The van der Waals surface area contributed by atoms with Crippen LogP contribution in [0.5, 0.6) is 0 Å². The molecular weight excluding hydrogens is 236 g/mol. The highest BCUT2D eigenvalue weighted by atomic mass is 19.2. The Morgan fingerprint density at radius 1 is 1.17 bits per heavy atom. The topological polar surface area (TPSA) is 25.2 Å². The predicted octanol–water partition coefficient (Wildman–Crippen LogP) is 3.57. The Morgan fingerprint density at radius 2 is 1.94 bits per heavy atom. The van der Waals surface area contributed by atoms with Crippen LogP contribution in [0.2, 0.25) is 0 Å². The minimum atomic E-state index is -0.848. The van der Waals surface area contributed by atoms with Crippen molar-refractivity contribution in [3.63, 3.8) is 0 Å². The Kier molecular flexibility index (Phi) is 3.77. The van der Waals surface area contributed by atoms with E-state index in [2.05, 4.69) is 5.32 Å². The first-order valence-electron chi connectivity index (χ1n) is 5.86. The Hall–Kier alpha value is -1.68. The molecule has 0 fully saturated rings. The van der Waals surface area contributed by atoms with Gasteiger partial charge in [0.15, 0.2) is 11.6 Å². The highest BCUT2D eigenvalue weighted by molar-refractivity contribution is 5.28. The Balaban J connectivity index is 2.37. The van der Waals surface area contributed by atoms with Crippen LogP contribution in [0.4, 0.5) is 8.78 Å². The van der Waals surface area contributed by atoms with E-state index in [1.54, 1.807) is 6.07 Å². The number of aryl methyl sites for hydroxylation is 1.